The van der Waals surface area contributed by atoms with Crippen LogP contribution in [0.4, 0.5) is 4.79 Å². The molecule has 4 heteroatoms. The number of hydrogen-bond acceptors (Lipinski definition) is 3. The van der Waals surface area contributed by atoms with Crippen LogP contribution in [-0.2, 0) is 9.47 Å². The van der Waals surface area contributed by atoms with Gasteiger partial charge in [-0.05, 0) is 46.5 Å². The van der Waals surface area contributed by atoms with Crippen LogP contribution in [-0.4, -0.2) is 41.9 Å². The van der Waals surface area contributed by atoms with Crippen LogP contribution in [0, 0.1) is 0 Å². The molecule has 0 radical (unpaired) electrons. The normalized spacial score (nSPS) is 32.7. The van der Waals surface area contributed by atoms with Crippen LogP contribution < -0.4 is 0 Å². The Morgan fingerprint density at radius 2 is 1.71 bits per heavy atom. The van der Waals surface area contributed by atoms with Gasteiger partial charge in [0.05, 0.1) is 6.10 Å². The van der Waals surface area contributed by atoms with Crippen molar-refractivity contribution in [3.05, 3.63) is 0 Å². The van der Waals surface area contributed by atoms with Gasteiger partial charge in [-0.15, -0.1) is 0 Å². The fourth-order valence-corrected chi connectivity index (χ4v) is 2.93. The van der Waals surface area contributed by atoms with E-state index in [2.05, 4.69) is 0 Å². The molecule has 0 aliphatic carbocycles. The van der Waals surface area contributed by atoms with Crippen molar-refractivity contribution in [3.8, 4) is 0 Å². The molecular formula is C13H23NO3. The van der Waals surface area contributed by atoms with Gasteiger partial charge in [-0.1, -0.05) is 0 Å². The van der Waals surface area contributed by atoms with Crippen LogP contribution >= 0.6 is 0 Å². The molecular weight excluding hydrogens is 218 g/mol. The summed E-state index contributed by atoms with van der Waals surface area (Å²) in [6.07, 6.45) is 4.23. The zero-order valence-electron chi connectivity index (χ0n) is 11.2. The van der Waals surface area contributed by atoms with Crippen molar-refractivity contribution in [2.45, 2.75) is 70.2 Å². The average molecular weight is 241 g/mol. The summed E-state index contributed by atoms with van der Waals surface area (Å²) in [4.78, 5) is 14.1. The largest absolute Gasteiger partial charge is 0.444 e. The van der Waals surface area contributed by atoms with Gasteiger partial charge in [0.15, 0.2) is 0 Å². The Hall–Kier alpha value is -0.770. The summed E-state index contributed by atoms with van der Waals surface area (Å²) in [5.41, 5.74) is -0.408. The Morgan fingerprint density at radius 3 is 2.12 bits per heavy atom. The van der Waals surface area contributed by atoms with E-state index in [1.54, 1.807) is 7.11 Å². The average Bonchev–Trinajstić information content (AvgIpc) is 2.47. The van der Waals surface area contributed by atoms with Gasteiger partial charge in [0.2, 0.25) is 0 Å². The molecule has 0 aromatic carbocycles. The predicted octanol–water partition coefficient (Wildman–Crippen LogP) is 2.56. The smallest absolute Gasteiger partial charge is 0.410 e. The van der Waals surface area contributed by atoms with E-state index in [4.69, 9.17) is 9.47 Å². The summed E-state index contributed by atoms with van der Waals surface area (Å²) in [5.74, 6) is 0. The number of nitrogens with zero attached hydrogens (tertiary/aromatic N) is 1. The highest BCUT2D eigenvalue weighted by Crippen LogP contribution is 2.37. The number of carbonyl (C=O) groups excluding carboxylic acids is 1. The molecule has 2 heterocycles. The van der Waals surface area contributed by atoms with Gasteiger partial charge >= 0.3 is 6.09 Å². The third-order valence-electron chi connectivity index (χ3n) is 3.63. The second kappa shape index (κ2) is 4.48. The minimum Gasteiger partial charge on any atom is -0.444 e. The van der Waals surface area contributed by atoms with Gasteiger partial charge < -0.3 is 14.4 Å². The summed E-state index contributed by atoms with van der Waals surface area (Å²) in [7, 11) is 1.76. The van der Waals surface area contributed by atoms with Crippen LogP contribution in [0.2, 0.25) is 0 Å². The number of piperidine rings is 1. The maximum absolute atomic E-state index is 12.1. The molecule has 1 amide bonds. The van der Waals surface area contributed by atoms with Crippen molar-refractivity contribution in [1.29, 1.82) is 0 Å². The Labute approximate surface area is 103 Å². The van der Waals surface area contributed by atoms with Crippen molar-refractivity contribution >= 4 is 6.09 Å². The summed E-state index contributed by atoms with van der Waals surface area (Å²) in [6, 6.07) is 0.627. The highest BCUT2D eigenvalue weighted by atomic mass is 16.6. The SMILES string of the molecule is CO[C@H]1C[C@H]2CC[C@@H](C1)N2C(=O)OC(C)(C)C. The second-order valence-electron chi connectivity index (χ2n) is 6.10. The molecule has 0 spiro atoms. The number of hydrogen-bond donors (Lipinski definition) is 0. The topological polar surface area (TPSA) is 38.8 Å². The lowest BCUT2D eigenvalue weighted by Gasteiger charge is -2.38. The third kappa shape index (κ3) is 2.73. The maximum Gasteiger partial charge on any atom is 0.410 e. The molecule has 0 aromatic rings. The predicted molar refractivity (Wildman–Crippen MR) is 64.9 cm³/mol. The Morgan fingerprint density at radius 1 is 1.18 bits per heavy atom. The first-order chi connectivity index (χ1) is 7.90. The first-order valence-corrected chi connectivity index (χ1v) is 6.45. The van der Waals surface area contributed by atoms with Crippen molar-refractivity contribution < 1.29 is 14.3 Å². The molecule has 4 nitrogen and oxygen atoms in total. The molecule has 0 unspecified atom stereocenters. The molecule has 2 saturated heterocycles. The molecule has 0 aromatic heterocycles. The van der Waals surface area contributed by atoms with Gasteiger partial charge in [-0.25, -0.2) is 4.79 Å². The van der Waals surface area contributed by atoms with E-state index in [0.29, 0.717) is 18.2 Å². The number of fused-ring (bicyclic) bond motifs is 2. The van der Waals surface area contributed by atoms with Crippen molar-refractivity contribution in [1.82, 2.24) is 4.90 Å². The zero-order valence-corrected chi connectivity index (χ0v) is 11.2. The van der Waals surface area contributed by atoms with Gasteiger partial charge in [0.25, 0.3) is 0 Å². The first-order valence-electron chi connectivity index (χ1n) is 6.45. The van der Waals surface area contributed by atoms with Gasteiger partial charge in [-0.2, -0.15) is 0 Å². The Kier molecular flexibility index (Phi) is 3.34. The Balaban J connectivity index is 2.01. The van der Waals surface area contributed by atoms with Crippen molar-refractivity contribution in [2.24, 2.45) is 0 Å². The minimum atomic E-state index is -0.408. The minimum absolute atomic E-state index is 0.153. The van der Waals surface area contributed by atoms with E-state index in [9.17, 15) is 4.79 Å². The highest BCUT2D eigenvalue weighted by molar-refractivity contribution is 5.69. The van der Waals surface area contributed by atoms with E-state index in [-0.39, 0.29) is 6.09 Å². The lowest BCUT2D eigenvalue weighted by molar-refractivity contribution is -0.0213. The number of carbonyl (C=O) groups is 1. The van der Waals surface area contributed by atoms with Gasteiger partial charge in [-0.3, -0.25) is 0 Å². The number of methoxy groups -OCH3 is 1. The van der Waals surface area contributed by atoms with Crippen LogP contribution in [0.1, 0.15) is 46.5 Å². The molecule has 17 heavy (non-hydrogen) atoms. The standard InChI is InChI=1S/C13H23NO3/c1-13(2,3)17-12(15)14-9-5-6-10(14)8-11(7-9)16-4/h9-11H,5-8H2,1-4H3/t9-,10+,11+. The third-order valence-corrected chi connectivity index (χ3v) is 3.63. The lowest BCUT2D eigenvalue weighted by atomic mass is 10.0. The van der Waals surface area contributed by atoms with E-state index in [1.165, 1.54) is 0 Å². The van der Waals surface area contributed by atoms with Crippen LogP contribution in [0.3, 0.4) is 0 Å². The summed E-state index contributed by atoms with van der Waals surface area (Å²) < 4.78 is 10.9. The first kappa shape index (κ1) is 12.7. The second-order valence-corrected chi connectivity index (χ2v) is 6.10. The fraction of sp³-hybridized carbons (Fsp3) is 0.923. The summed E-state index contributed by atoms with van der Waals surface area (Å²) in [6.45, 7) is 5.73. The van der Waals surface area contributed by atoms with Gasteiger partial charge in [0, 0.05) is 19.2 Å². The zero-order chi connectivity index (χ0) is 12.6. The number of ether oxygens (including phenoxy) is 2. The van der Waals surface area contributed by atoms with Crippen LogP contribution in [0.15, 0.2) is 0 Å². The molecule has 98 valence electrons. The van der Waals surface area contributed by atoms with E-state index < -0.39 is 5.60 Å². The summed E-state index contributed by atoms with van der Waals surface area (Å²) in [5, 5.41) is 0. The molecule has 2 aliphatic heterocycles. The molecule has 2 bridgehead atoms. The van der Waals surface area contributed by atoms with Crippen molar-refractivity contribution in [2.75, 3.05) is 7.11 Å². The monoisotopic (exact) mass is 241 g/mol. The van der Waals surface area contributed by atoms with Gasteiger partial charge in [0.1, 0.15) is 5.60 Å². The lowest BCUT2D eigenvalue weighted by Crippen LogP contribution is -2.50. The molecule has 2 rings (SSSR count). The molecule has 0 N–H and O–H groups in total. The van der Waals surface area contributed by atoms with Crippen LogP contribution in [0.5, 0.6) is 0 Å². The molecule has 3 atom stereocenters. The Bertz CT molecular complexity index is 284. The quantitative estimate of drug-likeness (QED) is 0.708. The molecule has 2 aliphatic rings. The fourth-order valence-electron chi connectivity index (χ4n) is 2.93. The summed E-state index contributed by atoms with van der Waals surface area (Å²) >= 11 is 0. The highest BCUT2D eigenvalue weighted by Gasteiger charge is 2.44. The molecule has 0 saturated carbocycles. The van der Waals surface area contributed by atoms with E-state index >= 15 is 0 Å². The van der Waals surface area contributed by atoms with E-state index in [0.717, 1.165) is 25.7 Å². The molecule has 2 fully saturated rings. The number of rotatable bonds is 1. The maximum atomic E-state index is 12.1. The van der Waals surface area contributed by atoms with E-state index in [1.807, 2.05) is 25.7 Å². The number of amides is 1. The van der Waals surface area contributed by atoms with Crippen molar-refractivity contribution in [3.63, 3.8) is 0 Å². The van der Waals surface area contributed by atoms with Crippen LogP contribution in [0.25, 0.3) is 0 Å².